The van der Waals surface area contributed by atoms with Crippen molar-refractivity contribution in [2.45, 2.75) is 32.2 Å². The molecule has 0 saturated heterocycles. The van der Waals surface area contributed by atoms with Crippen molar-refractivity contribution in [3.63, 3.8) is 0 Å². The Balaban J connectivity index is 1.85. The Kier molecular flexibility index (Phi) is 7.58. The zero-order chi connectivity index (χ0) is 22.4. The van der Waals surface area contributed by atoms with Crippen molar-refractivity contribution in [3.05, 3.63) is 75.5 Å². The summed E-state index contributed by atoms with van der Waals surface area (Å²) in [5.74, 6) is 1.91. The lowest BCUT2D eigenvalue weighted by Gasteiger charge is -2.20. The second-order valence-electron chi connectivity index (χ2n) is 7.51. The molecule has 3 rings (SSSR count). The van der Waals surface area contributed by atoms with Crippen LogP contribution in [0.1, 0.15) is 47.4 Å². The van der Waals surface area contributed by atoms with Gasteiger partial charge in [-0.15, -0.1) is 11.3 Å². The zero-order valence-electron chi connectivity index (χ0n) is 18.6. The van der Waals surface area contributed by atoms with Crippen LogP contribution in [0.2, 0.25) is 0 Å². The van der Waals surface area contributed by atoms with Crippen molar-refractivity contribution >= 4 is 17.2 Å². The molecule has 5 nitrogen and oxygen atoms in total. The average molecular weight is 440 g/mol. The summed E-state index contributed by atoms with van der Waals surface area (Å²) in [7, 11) is 4.68. The lowest BCUT2D eigenvalue weighted by molar-refractivity contribution is -0.120. The molecule has 1 aromatic heterocycles. The minimum atomic E-state index is -0.208. The minimum Gasteiger partial charge on any atom is -0.493 e. The molecule has 0 bridgehead atoms. The Morgan fingerprint density at radius 2 is 1.58 bits per heavy atom. The number of benzene rings is 2. The molecule has 0 spiro atoms. The van der Waals surface area contributed by atoms with Crippen LogP contribution >= 0.6 is 11.3 Å². The van der Waals surface area contributed by atoms with E-state index in [4.69, 9.17) is 14.2 Å². The summed E-state index contributed by atoms with van der Waals surface area (Å²) >= 11 is 1.63. The number of amides is 1. The molecule has 0 aliphatic heterocycles. The first kappa shape index (κ1) is 22.7. The topological polar surface area (TPSA) is 56.8 Å². The van der Waals surface area contributed by atoms with E-state index in [0.717, 1.165) is 16.0 Å². The highest BCUT2D eigenvalue weighted by molar-refractivity contribution is 7.10. The second kappa shape index (κ2) is 10.4. The molecule has 1 N–H and O–H groups in total. The summed E-state index contributed by atoms with van der Waals surface area (Å²) in [4.78, 5) is 14.1. The molecule has 0 aliphatic rings. The second-order valence-corrected chi connectivity index (χ2v) is 8.49. The van der Waals surface area contributed by atoms with E-state index in [2.05, 4.69) is 43.4 Å². The van der Waals surface area contributed by atoms with Gasteiger partial charge in [0.1, 0.15) is 0 Å². The number of hydrogen-bond acceptors (Lipinski definition) is 5. The highest BCUT2D eigenvalue weighted by Crippen LogP contribution is 2.40. The predicted molar refractivity (Wildman–Crippen MR) is 125 cm³/mol. The first-order valence-corrected chi connectivity index (χ1v) is 11.1. The lowest BCUT2D eigenvalue weighted by Crippen LogP contribution is -2.30. The van der Waals surface area contributed by atoms with Gasteiger partial charge < -0.3 is 19.5 Å². The van der Waals surface area contributed by atoms with Gasteiger partial charge in [-0.05, 0) is 34.6 Å². The number of nitrogens with one attached hydrogen (secondary N) is 1. The summed E-state index contributed by atoms with van der Waals surface area (Å²) in [5, 5.41) is 5.22. The van der Waals surface area contributed by atoms with Crippen LogP contribution in [-0.4, -0.2) is 27.2 Å². The Morgan fingerprint density at radius 1 is 0.903 bits per heavy atom. The van der Waals surface area contributed by atoms with Crippen LogP contribution in [-0.2, 0) is 11.2 Å². The Morgan fingerprint density at radius 3 is 2.13 bits per heavy atom. The molecular formula is C25H29NO4S. The monoisotopic (exact) mass is 439 g/mol. The van der Waals surface area contributed by atoms with Gasteiger partial charge in [0.25, 0.3) is 0 Å². The van der Waals surface area contributed by atoms with Crippen LogP contribution in [0.15, 0.2) is 53.9 Å². The molecule has 0 radical (unpaired) electrons. The largest absolute Gasteiger partial charge is 0.493 e. The molecule has 1 heterocycles. The fourth-order valence-electron chi connectivity index (χ4n) is 3.54. The van der Waals surface area contributed by atoms with Crippen molar-refractivity contribution in [1.29, 1.82) is 0 Å². The number of thiophene rings is 1. The van der Waals surface area contributed by atoms with Crippen molar-refractivity contribution < 1.29 is 19.0 Å². The molecule has 2 aromatic carbocycles. The number of ether oxygens (including phenoxy) is 3. The van der Waals surface area contributed by atoms with E-state index in [1.807, 2.05) is 23.6 Å². The Bertz CT molecular complexity index is 997. The van der Waals surface area contributed by atoms with Gasteiger partial charge in [0.15, 0.2) is 11.5 Å². The van der Waals surface area contributed by atoms with Crippen LogP contribution in [0, 0.1) is 0 Å². The van der Waals surface area contributed by atoms with Crippen LogP contribution in [0.4, 0.5) is 0 Å². The Hall–Kier alpha value is -2.99. The van der Waals surface area contributed by atoms with E-state index in [9.17, 15) is 4.79 Å². The maximum Gasteiger partial charge on any atom is 0.225 e. The van der Waals surface area contributed by atoms with Crippen LogP contribution in [0.5, 0.6) is 17.2 Å². The molecule has 0 saturated carbocycles. The first-order valence-electron chi connectivity index (χ1n) is 10.2. The Labute approximate surface area is 188 Å². The zero-order valence-corrected chi connectivity index (χ0v) is 19.4. The van der Waals surface area contributed by atoms with Gasteiger partial charge >= 0.3 is 0 Å². The third-order valence-electron chi connectivity index (χ3n) is 5.21. The van der Waals surface area contributed by atoms with Crippen molar-refractivity contribution in [1.82, 2.24) is 5.32 Å². The summed E-state index contributed by atoms with van der Waals surface area (Å²) < 4.78 is 16.3. The summed E-state index contributed by atoms with van der Waals surface area (Å²) in [6, 6.07) is 15.9. The van der Waals surface area contributed by atoms with Crippen LogP contribution in [0.25, 0.3) is 0 Å². The number of methoxy groups -OCH3 is 3. The fraction of sp³-hybridized carbons (Fsp3) is 0.320. The molecule has 31 heavy (non-hydrogen) atoms. The van der Waals surface area contributed by atoms with Gasteiger partial charge in [-0.3, -0.25) is 4.79 Å². The van der Waals surface area contributed by atoms with Gasteiger partial charge in [0, 0.05) is 10.4 Å². The summed E-state index contributed by atoms with van der Waals surface area (Å²) in [6.45, 7) is 4.34. The standard InChI is InChI=1S/C25H29NO4S/c1-16(2)17-8-10-18(11-9-17)23(21-7-6-14-31-21)26-22(27)15-19-12-13-20(28-3)25(30-5)24(19)29-4/h6-14,16,23H,15H2,1-5H3,(H,26,27). The van der Waals surface area contributed by atoms with Crippen molar-refractivity contribution in [2.75, 3.05) is 21.3 Å². The van der Waals surface area contributed by atoms with Crippen LogP contribution in [0.3, 0.4) is 0 Å². The highest BCUT2D eigenvalue weighted by atomic mass is 32.1. The molecule has 0 aliphatic carbocycles. The normalized spacial score (nSPS) is 11.8. The van der Waals surface area contributed by atoms with E-state index in [0.29, 0.717) is 23.2 Å². The molecule has 1 amide bonds. The molecule has 164 valence electrons. The van der Waals surface area contributed by atoms with Crippen molar-refractivity contribution in [2.24, 2.45) is 0 Å². The molecule has 1 unspecified atom stereocenters. The molecule has 1 atom stereocenters. The van der Waals surface area contributed by atoms with E-state index in [-0.39, 0.29) is 18.4 Å². The number of carbonyl (C=O) groups is 1. The molecular weight excluding hydrogens is 410 g/mol. The van der Waals surface area contributed by atoms with E-state index >= 15 is 0 Å². The summed E-state index contributed by atoms with van der Waals surface area (Å²) in [5.41, 5.74) is 3.06. The predicted octanol–water partition coefficient (Wildman–Crippen LogP) is 5.35. The summed E-state index contributed by atoms with van der Waals surface area (Å²) in [6.07, 6.45) is 0.162. The van der Waals surface area contributed by atoms with E-state index in [1.54, 1.807) is 38.7 Å². The quantitative estimate of drug-likeness (QED) is 0.489. The van der Waals surface area contributed by atoms with Gasteiger partial charge in [0.05, 0.1) is 33.8 Å². The third-order valence-corrected chi connectivity index (χ3v) is 6.14. The first-order chi connectivity index (χ1) is 15.0. The number of carbonyl (C=O) groups excluding carboxylic acids is 1. The molecule has 0 fully saturated rings. The van der Waals surface area contributed by atoms with Gasteiger partial charge in [0.2, 0.25) is 11.7 Å². The maximum atomic E-state index is 13.1. The average Bonchev–Trinajstić information content (AvgIpc) is 3.31. The SMILES string of the molecule is COc1ccc(CC(=O)NC(c2ccc(C(C)C)cc2)c2cccs2)c(OC)c1OC. The van der Waals surface area contributed by atoms with E-state index < -0.39 is 0 Å². The number of rotatable bonds is 9. The van der Waals surface area contributed by atoms with Crippen LogP contribution < -0.4 is 19.5 Å². The van der Waals surface area contributed by atoms with Gasteiger partial charge in [-0.2, -0.15) is 0 Å². The molecule has 3 aromatic rings. The number of hydrogen-bond donors (Lipinski definition) is 1. The van der Waals surface area contributed by atoms with Crippen molar-refractivity contribution in [3.8, 4) is 17.2 Å². The highest BCUT2D eigenvalue weighted by Gasteiger charge is 2.21. The van der Waals surface area contributed by atoms with Gasteiger partial charge in [-0.25, -0.2) is 0 Å². The third kappa shape index (κ3) is 5.20. The lowest BCUT2D eigenvalue weighted by atomic mass is 9.98. The molecule has 6 heteroatoms. The fourth-order valence-corrected chi connectivity index (χ4v) is 4.34. The van der Waals surface area contributed by atoms with Gasteiger partial charge in [-0.1, -0.05) is 50.2 Å². The maximum absolute atomic E-state index is 13.1. The minimum absolute atomic E-state index is 0.100. The van der Waals surface area contributed by atoms with E-state index in [1.165, 1.54) is 5.56 Å². The smallest absolute Gasteiger partial charge is 0.225 e.